The predicted molar refractivity (Wildman–Crippen MR) is 79.6 cm³/mol. The van der Waals surface area contributed by atoms with Crippen LogP contribution in [-0.4, -0.2) is 5.11 Å². The third-order valence-electron chi connectivity index (χ3n) is 2.43. The first-order valence-corrected chi connectivity index (χ1v) is 6.77. The van der Waals surface area contributed by atoms with Crippen molar-refractivity contribution in [2.24, 2.45) is 0 Å². The molecule has 0 atom stereocenters. The number of phenols is 1. The molecule has 0 radical (unpaired) electrons. The molecule has 2 nitrogen and oxygen atoms in total. The molecule has 2 rings (SSSR count). The summed E-state index contributed by atoms with van der Waals surface area (Å²) >= 11 is 15.1. The zero-order valence-electron chi connectivity index (χ0n) is 9.25. The van der Waals surface area contributed by atoms with E-state index in [4.69, 9.17) is 23.2 Å². The molecule has 0 bridgehead atoms. The number of benzene rings is 2. The minimum absolute atomic E-state index is 0.0608. The predicted octanol–water partition coefficient (Wildman–Crippen LogP) is 5.07. The molecule has 0 aliphatic heterocycles. The second kappa shape index (κ2) is 5.83. The van der Waals surface area contributed by atoms with Gasteiger partial charge in [-0.05, 0) is 36.4 Å². The van der Waals surface area contributed by atoms with Gasteiger partial charge in [0.2, 0.25) is 0 Å². The monoisotopic (exact) mass is 345 g/mol. The number of hydrogen-bond donors (Lipinski definition) is 2. The summed E-state index contributed by atoms with van der Waals surface area (Å²) in [6, 6.07) is 11.0. The summed E-state index contributed by atoms with van der Waals surface area (Å²) in [4.78, 5) is 0. The number of nitrogens with one attached hydrogen (secondary N) is 1. The summed E-state index contributed by atoms with van der Waals surface area (Å²) < 4.78 is 1.02. The fraction of sp³-hybridized carbons (Fsp3) is 0.0769. The van der Waals surface area contributed by atoms with E-state index >= 15 is 0 Å². The Hall–Kier alpha value is -0.900. The number of halogens is 3. The van der Waals surface area contributed by atoms with Crippen LogP contribution in [-0.2, 0) is 6.54 Å². The normalized spacial score (nSPS) is 10.4. The maximum atomic E-state index is 9.81. The van der Waals surface area contributed by atoms with Crippen LogP contribution in [0.1, 0.15) is 5.56 Å². The second-order valence-electron chi connectivity index (χ2n) is 3.76. The van der Waals surface area contributed by atoms with Crippen molar-refractivity contribution in [2.45, 2.75) is 6.54 Å². The van der Waals surface area contributed by atoms with Gasteiger partial charge in [-0.25, -0.2) is 0 Å². The van der Waals surface area contributed by atoms with E-state index in [0.717, 1.165) is 10.2 Å². The molecular formula is C13H10BrCl2NO. The quantitative estimate of drug-likeness (QED) is 0.812. The van der Waals surface area contributed by atoms with Crippen LogP contribution in [0.2, 0.25) is 10.0 Å². The Morgan fingerprint density at radius 1 is 1.11 bits per heavy atom. The van der Waals surface area contributed by atoms with E-state index in [0.29, 0.717) is 17.1 Å². The maximum absolute atomic E-state index is 9.81. The lowest BCUT2D eigenvalue weighted by Crippen LogP contribution is -1.99. The van der Waals surface area contributed by atoms with Crippen molar-refractivity contribution in [1.82, 2.24) is 0 Å². The number of phenolic OH excluding ortho intramolecular Hbond substituents is 1. The Morgan fingerprint density at radius 3 is 2.44 bits per heavy atom. The highest BCUT2D eigenvalue weighted by Gasteiger charge is 2.07. The molecule has 18 heavy (non-hydrogen) atoms. The van der Waals surface area contributed by atoms with Crippen molar-refractivity contribution in [2.75, 3.05) is 5.32 Å². The highest BCUT2D eigenvalue weighted by Crippen LogP contribution is 2.31. The van der Waals surface area contributed by atoms with Gasteiger partial charge in [0.25, 0.3) is 0 Å². The van der Waals surface area contributed by atoms with Gasteiger partial charge >= 0.3 is 0 Å². The van der Waals surface area contributed by atoms with Crippen LogP contribution in [0.25, 0.3) is 0 Å². The third-order valence-corrected chi connectivity index (χ3v) is 3.47. The van der Waals surface area contributed by atoms with Crippen molar-refractivity contribution in [3.63, 3.8) is 0 Å². The topological polar surface area (TPSA) is 32.3 Å². The van der Waals surface area contributed by atoms with Crippen molar-refractivity contribution in [1.29, 1.82) is 0 Å². The summed E-state index contributed by atoms with van der Waals surface area (Å²) in [5.74, 6) is 0.0608. The van der Waals surface area contributed by atoms with Crippen LogP contribution in [0.4, 0.5) is 5.69 Å². The van der Waals surface area contributed by atoms with Gasteiger partial charge in [-0.3, -0.25) is 0 Å². The fourth-order valence-electron chi connectivity index (χ4n) is 1.52. The smallest absolute Gasteiger partial charge is 0.139 e. The molecule has 5 heteroatoms. The van der Waals surface area contributed by atoms with E-state index in [2.05, 4.69) is 21.2 Å². The fourth-order valence-corrected chi connectivity index (χ4v) is 2.32. The summed E-state index contributed by atoms with van der Waals surface area (Å²) in [5, 5.41) is 13.8. The number of hydrogen-bond acceptors (Lipinski definition) is 2. The number of anilines is 1. The van der Waals surface area contributed by atoms with E-state index < -0.39 is 0 Å². The van der Waals surface area contributed by atoms with E-state index in [-0.39, 0.29) is 10.8 Å². The molecule has 0 fully saturated rings. The maximum Gasteiger partial charge on any atom is 0.139 e. The third kappa shape index (κ3) is 3.31. The molecule has 0 aliphatic carbocycles. The molecule has 0 unspecified atom stereocenters. The molecule has 0 aliphatic rings. The lowest BCUT2D eigenvalue weighted by Gasteiger charge is -2.10. The van der Waals surface area contributed by atoms with E-state index in [9.17, 15) is 5.11 Å². The first kappa shape index (κ1) is 13.5. The highest BCUT2D eigenvalue weighted by atomic mass is 79.9. The first-order valence-electron chi connectivity index (χ1n) is 5.22. The van der Waals surface area contributed by atoms with Crippen molar-refractivity contribution >= 4 is 44.8 Å². The molecule has 0 saturated heterocycles. The van der Waals surface area contributed by atoms with Gasteiger partial charge in [0.15, 0.2) is 0 Å². The molecule has 2 aromatic carbocycles. The number of aromatic hydroxyl groups is 1. The largest absolute Gasteiger partial charge is 0.506 e. The Bertz CT molecular complexity index is 558. The zero-order valence-corrected chi connectivity index (χ0v) is 12.4. The van der Waals surface area contributed by atoms with Crippen molar-refractivity contribution in [3.05, 3.63) is 56.5 Å². The number of rotatable bonds is 3. The average Bonchev–Trinajstić information content (AvgIpc) is 2.34. The van der Waals surface area contributed by atoms with Crippen LogP contribution in [0.5, 0.6) is 5.75 Å². The van der Waals surface area contributed by atoms with Crippen LogP contribution >= 0.6 is 39.1 Å². The lowest BCUT2D eigenvalue weighted by atomic mass is 10.2. The Morgan fingerprint density at radius 2 is 1.78 bits per heavy atom. The van der Waals surface area contributed by atoms with Gasteiger partial charge in [0.05, 0.1) is 5.02 Å². The molecule has 2 N–H and O–H groups in total. The summed E-state index contributed by atoms with van der Waals surface area (Å²) in [5.41, 5.74) is 1.61. The molecular weight excluding hydrogens is 337 g/mol. The Labute approximate surface area is 124 Å². The molecule has 0 aromatic heterocycles. The van der Waals surface area contributed by atoms with Gasteiger partial charge in [-0.2, -0.15) is 0 Å². The van der Waals surface area contributed by atoms with Gasteiger partial charge in [0.1, 0.15) is 5.75 Å². The molecule has 2 aromatic rings. The Kier molecular flexibility index (Phi) is 4.38. The molecule has 94 valence electrons. The second-order valence-corrected chi connectivity index (χ2v) is 5.52. The molecule has 0 amide bonds. The SMILES string of the molecule is Oc1c(Cl)cc(Cl)cc1CNc1ccc(Br)cc1. The zero-order chi connectivity index (χ0) is 13.1. The van der Waals surface area contributed by atoms with E-state index in [1.165, 1.54) is 6.07 Å². The van der Waals surface area contributed by atoms with E-state index in [1.54, 1.807) is 6.07 Å². The molecule has 0 saturated carbocycles. The van der Waals surface area contributed by atoms with Gasteiger partial charge in [0, 0.05) is 27.3 Å². The standard InChI is InChI=1S/C13H10BrCl2NO/c14-9-1-3-11(4-2-9)17-7-8-5-10(15)6-12(16)13(8)18/h1-6,17-18H,7H2. The molecule has 0 heterocycles. The molecule has 0 spiro atoms. The first-order chi connectivity index (χ1) is 8.56. The van der Waals surface area contributed by atoms with Gasteiger partial charge in [-0.1, -0.05) is 39.1 Å². The summed E-state index contributed by atoms with van der Waals surface area (Å²) in [6.45, 7) is 0.452. The van der Waals surface area contributed by atoms with Gasteiger partial charge < -0.3 is 10.4 Å². The Balaban J connectivity index is 2.13. The minimum Gasteiger partial charge on any atom is -0.506 e. The average molecular weight is 347 g/mol. The van der Waals surface area contributed by atoms with Crippen molar-refractivity contribution < 1.29 is 5.11 Å². The lowest BCUT2D eigenvalue weighted by molar-refractivity contribution is 0.469. The highest BCUT2D eigenvalue weighted by molar-refractivity contribution is 9.10. The summed E-state index contributed by atoms with van der Waals surface area (Å²) in [7, 11) is 0. The van der Waals surface area contributed by atoms with E-state index in [1.807, 2.05) is 24.3 Å². The van der Waals surface area contributed by atoms with Gasteiger partial charge in [-0.15, -0.1) is 0 Å². The summed E-state index contributed by atoms with van der Waals surface area (Å²) in [6.07, 6.45) is 0. The van der Waals surface area contributed by atoms with Crippen LogP contribution < -0.4 is 5.32 Å². The van der Waals surface area contributed by atoms with Crippen LogP contribution in [0.3, 0.4) is 0 Å². The van der Waals surface area contributed by atoms with Crippen LogP contribution in [0, 0.1) is 0 Å². The van der Waals surface area contributed by atoms with Crippen LogP contribution in [0.15, 0.2) is 40.9 Å². The minimum atomic E-state index is 0.0608. The van der Waals surface area contributed by atoms with Crippen molar-refractivity contribution in [3.8, 4) is 5.75 Å².